The van der Waals surface area contributed by atoms with E-state index in [0.717, 1.165) is 32.6 Å². The fraction of sp³-hybridized carbons (Fsp3) is 0.158. The Bertz CT molecular complexity index is 1280. The molecule has 0 bridgehead atoms. The number of rotatable bonds is 2. The van der Waals surface area contributed by atoms with Crippen molar-refractivity contribution in [2.24, 2.45) is 0 Å². The molecule has 0 unspecified atom stereocenters. The Morgan fingerprint density at radius 3 is 2.69 bits per heavy atom. The van der Waals surface area contributed by atoms with Crippen molar-refractivity contribution in [1.82, 2.24) is 29.2 Å². The monoisotopic (exact) mass is 360 g/mol. The Balaban J connectivity index is 1.71. The molecule has 5 aromatic rings. The second-order valence-corrected chi connectivity index (χ2v) is 7.35. The lowest BCUT2D eigenvalue weighted by molar-refractivity contribution is 0.954. The molecule has 4 aromatic heterocycles. The largest absolute Gasteiger partial charge is 0.297 e. The van der Waals surface area contributed by atoms with E-state index in [2.05, 4.69) is 47.2 Å². The molecule has 0 N–H and O–H groups in total. The first-order chi connectivity index (χ1) is 12.6. The van der Waals surface area contributed by atoms with Gasteiger partial charge in [-0.05, 0) is 50.1 Å². The maximum absolute atomic E-state index is 4.79. The quantitative estimate of drug-likeness (QED) is 0.476. The van der Waals surface area contributed by atoms with Crippen molar-refractivity contribution in [3.8, 4) is 22.1 Å². The van der Waals surface area contributed by atoms with Crippen molar-refractivity contribution < 1.29 is 0 Å². The van der Waals surface area contributed by atoms with Crippen LogP contribution in [0.2, 0.25) is 0 Å². The summed E-state index contributed by atoms with van der Waals surface area (Å²) in [6, 6.07) is 12.3. The van der Waals surface area contributed by atoms with Gasteiger partial charge in [0.15, 0.2) is 0 Å². The molecule has 0 aliphatic carbocycles. The molecule has 26 heavy (non-hydrogen) atoms. The lowest BCUT2D eigenvalue weighted by Gasteiger charge is -2.02. The highest BCUT2D eigenvalue weighted by Crippen LogP contribution is 2.30. The summed E-state index contributed by atoms with van der Waals surface area (Å²) < 4.78 is 3.85. The Morgan fingerprint density at radius 2 is 1.85 bits per heavy atom. The predicted molar refractivity (Wildman–Crippen MR) is 102 cm³/mol. The summed E-state index contributed by atoms with van der Waals surface area (Å²) in [5.74, 6) is 0.711. The fourth-order valence-corrected chi connectivity index (χ4v) is 3.97. The molecule has 128 valence electrons. The van der Waals surface area contributed by atoms with Crippen molar-refractivity contribution in [2.75, 3.05) is 0 Å². The minimum Gasteiger partial charge on any atom is -0.297 e. The molecule has 0 amide bonds. The third kappa shape index (κ3) is 2.17. The summed E-state index contributed by atoms with van der Waals surface area (Å²) in [7, 11) is 0. The standard InChI is InChI=1S/C19H16N6S/c1-11-7-8-14(10-12(11)2)18-23-25-17(21-22-19(25)26-18)16-13(3)20-15-6-4-5-9-24(15)16/h4-10H,1-3H3. The average molecular weight is 360 g/mol. The molecule has 0 saturated heterocycles. The number of fused-ring (bicyclic) bond motifs is 2. The van der Waals surface area contributed by atoms with Crippen LogP contribution in [0.5, 0.6) is 0 Å². The maximum atomic E-state index is 4.79. The van der Waals surface area contributed by atoms with Crippen molar-refractivity contribution in [3.05, 3.63) is 59.4 Å². The zero-order chi connectivity index (χ0) is 17.8. The van der Waals surface area contributed by atoms with Gasteiger partial charge in [-0.25, -0.2) is 4.98 Å². The van der Waals surface area contributed by atoms with E-state index in [-0.39, 0.29) is 0 Å². The van der Waals surface area contributed by atoms with Gasteiger partial charge < -0.3 is 0 Å². The lowest BCUT2D eigenvalue weighted by atomic mass is 10.1. The van der Waals surface area contributed by atoms with Gasteiger partial charge in [-0.15, -0.1) is 10.2 Å². The van der Waals surface area contributed by atoms with Crippen molar-refractivity contribution >= 4 is 21.9 Å². The van der Waals surface area contributed by atoms with Crippen LogP contribution >= 0.6 is 11.3 Å². The first-order valence-corrected chi connectivity index (χ1v) is 9.17. The highest BCUT2D eigenvalue weighted by atomic mass is 32.1. The van der Waals surface area contributed by atoms with E-state index in [1.807, 2.05) is 40.2 Å². The Morgan fingerprint density at radius 1 is 0.962 bits per heavy atom. The maximum Gasteiger partial charge on any atom is 0.235 e. The number of pyridine rings is 1. The number of aryl methyl sites for hydroxylation is 3. The van der Waals surface area contributed by atoms with E-state index in [1.54, 1.807) is 11.3 Å². The third-order valence-electron chi connectivity index (χ3n) is 4.66. The second-order valence-electron chi connectivity index (χ2n) is 6.40. The fourth-order valence-electron chi connectivity index (χ4n) is 3.14. The van der Waals surface area contributed by atoms with Crippen LogP contribution < -0.4 is 0 Å². The molecule has 5 rings (SSSR count). The molecule has 0 saturated carbocycles. The van der Waals surface area contributed by atoms with Crippen LogP contribution in [0.25, 0.3) is 32.7 Å². The topological polar surface area (TPSA) is 60.4 Å². The Labute approximate surface area is 153 Å². The molecular formula is C19H16N6S. The van der Waals surface area contributed by atoms with Crippen LogP contribution in [0.15, 0.2) is 42.6 Å². The summed E-state index contributed by atoms with van der Waals surface area (Å²) in [5.41, 5.74) is 6.35. The van der Waals surface area contributed by atoms with Gasteiger partial charge in [-0.1, -0.05) is 29.5 Å². The van der Waals surface area contributed by atoms with Gasteiger partial charge in [0.1, 0.15) is 16.3 Å². The summed E-state index contributed by atoms with van der Waals surface area (Å²) in [4.78, 5) is 5.40. The highest BCUT2D eigenvalue weighted by Gasteiger charge is 2.20. The van der Waals surface area contributed by atoms with Crippen molar-refractivity contribution in [2.45, 2.75) is 20.8 Å². The normalized spacial score (nSPS) is 11.7. The molecule has 0 atom stereocenters. The van der Waals surface area contributed by atoms with Gasteiger partial charge >= 0.3 is 0 Å². The van der Waals surface area contributed by atoms with Crippen LogP contribution in [-0.4, -0.2) is 29.2 Å². The first-order valence-electron chi connectivity index (χ1n) is 8.36. The molecule has 0 aliphatic rings. The van der Waals surface area contributed by atoms with Gasteiger partial charge in [0.25, 0.3) is 0 Å². The van der Waals surface area contributed by atoms with Gasteiger partial charge in [-0.2, -0.15) is 9.61 Å². The molecule has 4 heterocycles. The summed E-state index contributed by atoms with van der Waals surface area (Å²) in [5, 5.41) is 14.4. The molecule has 0 fully saturated rings. The zero-order valence-electron chi connectivity index (χ0n) is 14.6. The van der Waals surface area contributed by atoms with E-state index in [9.17, 15) is 0 Å². The molecule has 0 aliphatic heterocycles. The smallest absolute Gasteiger partial charge is 0.235 e. The first kappa shape index (κ1) is 15.2. The van der Waals surface area contributed by atoms with E-state index >= 15 is 0 Å². The minimum absolute atomic E-state index is 0.711. The number of hydrogen-bond acceptors (Lipinski definition) is 5. The van der Waals surface area contributed by atoms with Crippen LogP contribution in [-0.2, 0) is 0 Å². The average Bonchev–Trinajstić information content (AvgIpc) is 3.29. The predicted octanol–water partition coefficient (Wildman–Crippen LogP) is 4.09. The van der Waals surface area contributed by atoms with E-state index in [4.69, 9.17) is 5.10 Å². The van der Waals surface area contributed by atoms with E-state index in [1.165, 1.54) is 11.1 Å². The summed E-state index contributed by atoms with van der Waals surface area (Å²) in [6.07, 6.45) is 1.99. The van der Waals surface area contributed by atoms with Gasteiger partial charge in [0, 0.05) is 11.8 Å². The SMILES string of the molecule is Cc1ccc(-c2nn3c(-c4c(C)nc5ccccn45)nnc3s2)cc1C. The summed E-state index contributed by atoms with van der Waals surface area (Å²) in [6.45, 7) is 6.22. The second kappa shape index (κ2) is 5.47. The van der Waals surface area contributed by atoms with E-state index in [0.29, 0.717) is 5.82 Å². The van der Waals surface area contributed by atoms with Crippen molar-refractivity contribution in [1.29, 1.82) is 0 Å². The molecule has 0 spiro atoms. The van der Waals surface area contributed by atoms with Crippen LogP contribution in [0.1, 0.15) is 16.8 Å². The number of benzene rings is 1. The molecule has 0 radical (unpaired) electrons. The van der Waals surface area contributed by atoms with Gasteiger partial charge in [-0.3, -0.25) is 4.40 Å². The van der Waals surface area contributed by atoms with E-state index < -0.39 is 0 Å². The van der Waals surface area contributed by atoms with Crippen LogP contribution in [0, 0.1) is 20.8 Å². The van der Waals surface area contributed by atoms with Crippen LogP contribution in [0.4, 0.5) is 0 Å². The Kier molecular flexibility index (Phi) is 3.20. The zero-order valence-corrected chi connectivity index (χ0v) is 15.4. The molecular weight excluding hydrogens is 344 g/mol. The van der Waals surface area contributed by atoms with Gasteiger partial charge in [0.2, 0.25) is 10.8 Å². The number of nitrogens with zero attached hydrogens (tertiary/aromatic N) is 6. The molecule has 7 heteroatoms. The number of hydrogen-bond donors (Lipinski definition) is 0. The third-order valence-corrected chi connectivity index (χ3v) is 5.61. The van der Waals surface area contributed by atoms with Crippen molar-refractivity contribution in [3.63, 3.8) is 0 Å². The number of imidazole rings is 1. The minimum atomic E-state index is 0.711. The molecule has 1 aromatic carbocycles. The number of aromatic nitrogens is 6. The molecule has 6 nitrogen and oxygen atoms in total. The van der Waals surface area contributed by atoms with Gasteiger partial charge in [0.05, 0.1) is 5.69 Å². The highest BCUT2D eigenvalue weighted by molar-refractivity contribution is 7.19. The summed E-state index contributed by atoms with van der Waals surface area (Å²) >= 11 is 1.54. The Hall–Kier alpha value is -3.06. The van der Waals surface area contributed by atoms with Crippen LogP contribution in [0.3, 0.4) is 0 Å². The lowest BCUT2D eigenvalue weighted by Crippen LogP contribution is -1.96.